The van der Waals surface area contributed by atoms with Crippen LogP contribution in [-0.2, 0) is 20.1 Å². The Bertz CT molecular complexity index is 2820. The molecule has 269 valence electrons. The number of para-hydroxylation sites is 2. The number of thiophene rings is 1. The molecule has 4 heterocycles. The minimum absolute atomic E-state index is 0. The standard InChI is InChI=1S/C33H24N3S.C14H16GeN.Ir/c1-20-12-14-23(15-13-20)25-16-17-27(32-31(25)26-8-4-7-11-30(26)37-32)33-35-28-9-5-6-10-29(28)36(33)24-18-21(2)34-22(3)19-24;1-15(2,3)13-9-10-14(16-11-13)12-7-5-4-6-8-12;/h4-16,18-19H,1-3H3;4-7,9-11H,1-3H3;/q2*-1;/i1D3;;. The van der Waals surface area contributed by atoms with Gasteiger partial charge in [-0.1, -0.05) is 82.2 Å². The largest absolute Gasteiger partial charge is 0 e. The van der Waals surface area contributed by atoms with Crippen LogP contribution in [0.15, 0.2) is 134 Å². The maximum atomic E-state index is 7.76. The van der Waals surface area contributed by atoms with Gasteiger partial charge in [0.15, 0.2) is 0 Å². The molecule has 4 nitrogen and oxygen atoms in total. The van der Waals surface area contributed by atoms with E-state index in [0.29, 0.717) is 5.56 Å². The van der Waals surface area contributed by atoms with Gasteiger partial charge in [0.2, 0.25) is 0 Å². The van der Waals surface area contributed by atoms with Crippen LogP contribution in [-0.4, -0.2) is 32.8 Å². The van der Waals surface area contributed by atoms with Gasteiger partial charge in [0.25, 0.3) is 0 Å². The number of imidazole rings is 1. The normalized spacial score (nSPS) is 12.4. The van der Waals surface area contributed by atoms with E-state index >= 15 is 0 Å². The minimum atomic E-state index is -2.14. The van der Waals surface area contributed by atoms with E-state index in [9.17, 15) is 0 Å². The van der Waals surface area contributed by atoms with Crippen molar-refractivity contribution < 1.29 is 24.2 Å². The van der Waals surface area contributed by atoms with E-state index in [-0.39, 0.29) is 20.1 Å². The molecule has 0 saturated carbocycles. The maximum Gasteiger partial charge on any atom is 0 e. The van der Waals surface area contributed by atoms with Crippen LogP contribution in [0.25, 0.3) is 70.7 Å². The number of fused-ring (bicyclic) bond motifs is 4. The van der Waals surface area contributed by atoms with Crippen molar-refractivity contribution >= 4 is 60.2 Å². The van der Waals surface area contributed by atoms with Crippen molar-refractivity contribution in [3.8, 4) is 39.5 Å². The van der Waals surface area contributed by atoms with Gasteiger partial charge in [0.1, 0.15) is 0 Å². The quantitative estimate of drug-likeness (QED) is 0.128. The average Bonchev–Trinajstić information content (AvgIpc) is 3.77. The third kappa shape index (κ3) is 7.49. The van der Waals surface area contributed by atoms with Gasteiger partial charge >= 0.3 is 99.8 Å². The summed E-state index contributed by atoms with van der Waals surface area (Å²) in [6.07, 6.45) is 2.04. The maximum absolute atomic E-state index is 7.76. The molecular formula is C47H40GeIrN4S-2. The van der Waals surface area contributed by atoms with Gasteiger partial charge in [-0.15, -0.1) is 12.1 Å². The van der Waals surface area contributed by atoms with Gasteiger partial charge in [-0.05, 0) is 61.1 Å². The van der Waals surface area contributed by atoms with Crippen LogP contribution in [0.4, 0.5) is 0 Å². The van der Waals surface area contributed by atoms with Gasteiger partial charge in [-0.25, -0.2) is 0 Å². The number of benzene rings is 5. The van der Waals surface area contributed by atoms with Crippen LogP contribution >= 0.6 is 11.3 Å². The predicted octanol–water partition coefficient (Wildman–Crippen LogP) is 11.9. The van der Waals surface area contributed by atoms with Gasteiger partial charge in [0.05, 0.1) is 16.9 Å². The molecule has 0 bridgehead atoms. The van der Waals surface area contributed by atoms with Crippen LogP contribution in [0.2, 0.25) is 17.3 Å². The summed E-state index contributed by atoms with van der Waals surface area (Å²) in [5, 5.41) is 2.28. The van der Waals surface area contributed by atoms with Crippen molar-refractivity contribution in [1.82, 2.24) is 19.5 Å². The second-order valence-corrected chi connectivity index (χ2v) is 26.0. The molecule has 4 aromatic heterocycles. The Morgan fingerprint density at radius 1 is 0.778 bits per heavy atom. The summed E-state index contributed by atoms with van der Waals surface area (Å²) in [4.78, 5) is 14.3. The zero-order valence-electron chi connectivity index (χ0n) is 33.7. The monoisotopic (exact) mass is 962 g/mol. The van der Waals surface area contributed by atoms with E-state index in [4.69, 9.17) is 9.10 Å². The Hall–Kier alpha value is -4.72. The van der Waals surface area contributed by atoms with Crippen LogP contribution < -0.4 is 4.40 Å². The van der Waals surface area contributed by atoms with Crippen LogP contribution in [0.3, 0.4) is 0 Å². The summed E-state index contributed by atoms with van der Waals surface area (Å²) in [6.45, 7) is 1.89. The molecule has 5 aromatic carbocycles. The Balaban J connectivity index is 0.000000246. The van der Waals surface area contributed by atoms with Gasteiger partial charge in [-0.3, -0.25) is 9.97 Å². The molecule has 0 fully saturated rings. The first kappa shape index (κ1) is 33.8. The smallest absolute Gasteiger partial charge is 0 e. The van der Waals surface area contributed by atoms with E-state index < -0.39 is 20.1 Å². The number of pyridine rings is 2. The molecule has 1 radical (unpaired) electrons. The molecule has 0 saturated heterocycles. The van der Waals surface area contributed by atoms with Crippen molar-refractivity contribution in [3.05, 3.63) is 163 Å². The third-order valence-corrected chi connectivity index (χ3v) is 14.8. The zero-order valence-corrected chi connectivity index (χ0v) is 36.0. The molecule has 54 heavy (non-hydrogen) atoms. The van der Waals surface area contributed by atoms with E-state index in [0.717, 1.165) is 77.4 Å². The molecule has 0 spiro atoms. The molecule has 0 unspecified atom stereocenters. The number of hydrogen-bond acceptors (Lipinski definition) is 4. The fourth-order valence-corrected chi connectivity index (χ4v) is 10.2. The van der Waals surface area contributed by atoms with Gasteiger partial charge in [-0.2, -0.15) is 11.3 Å². The molecule has 0 amide bonds. The fourth-order valence-electron chi connectivity index (χ4n) is 6.76. The number of rotatable bonds is 5. The molecule has 9 aromatic rings. The Labute approximate surface area is 341 Å². The molecule has 0 aliphatic rings. The molecule has 0 atom stereocenters. The minimum Gasteiger partial charge on any atom is 0 e. The van der Waals surface area contributed by atoms with E-state index in [1.165, 1.54) is 9.10 Å². The topological polar surface area (TPSA) is 43.6 Å². The van der Waals surface area contributed by atoms with Crippen LogP contribution in [0.1, 0.15) is 21.1 Å². The molecule has 0 aliphatic heterocycles. The number of aromatic nitrogens is 4. The van der Waals surface area contributed by atoms with E-state index in [1.807, 2.05) is 80.7 Å². The first-order valence-corrected chi connectivity index (χ1v) is 25.8. The van der Waals surface area contributed by atoms with E-state index in [1.54, 1.807) is 23.5 Å². The summed E-state index contributed by atoms with van der Waals surface area (Å²) in [5.74, 6) is 7.97. The van der Waals surface area contributed by atoms with Crippen LogP contribution in [0, 0.1) is 32.8 Å². The SMILES string of the molecule is [2H]C([2H])([2H])c1ccc(-c2c[c-]c(-c3nc4ccccc4n3-c3cc(C)nc(C)c3)c3sc4ccccc4c23)cc1.[CH3][Ge]([CH3])([CH3])[c]1ccc(-c2[c-]cccc2)nc1.[Ir]. The van der Waals surface area contributed by atoms with Crippen molar-refractivity contribution in [2.75, 3.05) is 0 Å². The Kier molecular flexibility index (Phi) is 9.75. The molecule has 9 rings (SSSR count). The summed E-state index contributed by atoms with van der Waals surface area (Å²) < 4.78 is 29.2. The van der Waals surface area contributed by atoms with Crippen LogP contribution in [0.5, 0.6) is 0 Å². The van der Waals surface area contributed by atoms with Crippen molar-refractivity contribution in [2.45, 2.75) is 38.0 Å². The van der Waals surface area contributed by atoms with Crippen molar-refractivity contribution in [3.63, 3.8) is 0 Å². The Morgan fingerprint density at radius 3 is 2.22 bits per heavy atom. The number of hydrogen-bond donors (Lipinski definition) is 0. The molecular weight excluding hydrogens is 917 g/mol. The Morgan fingerprint density at radius 2 is 1.52 bits per heavy atom. The first-order chi connectivity index (χ1) is 26.8. The van der Waals surface area contributed by atoms with Gasteiger partial charge in [0, 0.05) is 46.0 Å². The third-order valence-electron chi connectivity index (χ3n) is 9.37. The van der Waals surface area contributed by atoms with Crippen molar-refractivity contribution in [1.29, 1.82) is 0 Å². The number of aryl methyl sites for hydroxylation is 3. The molecule has 0 aliphatic carbocycles. The van der Waals surface area contributed by atoms with Gasteiger partial charge < -0.3 is 4.57 Å². The second kappa shape index (κ2) is 15.6. The fraction of sp³-hybridized carbons (Fsp3) is 0.128. The predicted molar refractivity (Wildman–Crippen MR) is 227 cm³/mol. The summed E-state index contributed by atoms with van der Waals surface area (Å²) in [5.41, 5.74) is 10.2. The molecule has 0 N–H and O–H groups in total. The number of nitrogens with zero attached hydrogens (tertiary/aromatic N) is 4. The van der Waals surface area contributed by atoms with E-state index in [2.05, 4.69) is 98.5 Å². The summed E-state index contributed by atoms with van der Waals surface area (Å²) in [6, 6.07) is 49.1. The zero-order chi connectivity index (χ0) is 39.2. The average molecular weight is 961 g/mol. The molecule has 7 heteroatoms. The summed E-state index contributed by atoms with van der Waals surface area (Å²) >= 11 is 0.0166. The second-order valence-electron chi connectivity index (χ2n) is 14.3. The summed E-state index contributed by atoms with van der Waals surface area (Å²) in [7, 11) is 0. The first-order valence-electron chi connectivity index (χ1n) is 19.2. The van der Waals surface area contributed by atoms with Crippen molar-refractivity contribution in [2.24, 2.45) is 0 Å².